The molecule has 1 atom stereocenters. The van der Waals surface area contributed by atoms with Crippen LogP contribution in [0.4, 0.5) is 0 Å². The lowest BCUT2D eigenvalue weighted by molar-refractivity contribution is -0.155. The van der Waals surface area contributed by atoms with Crippen LogP contribution in [0, 0.1) is 0 Å². The van der Waals surface area contributed by atoms with Crippen molar-refractivity contribution in [2.24, 2.45) is 5.90 Å². The molecule has 0 amide bonds. The van der Waals surface area contributed by atoms with Gasteiger partial charge in [0.2, 0.25) is 6.10 Å². The first kappa shape index (κ1) is 11.2. The molecule has 0 heterocycles. The maximum absolute atomic E-state index is 11.2. The van der Waals surface area contributed by atoms with E-state index in [9.17, 15) is 4.79 Å². The fraction of sp³-hybridized carbons (Fsp3) is 0.222. The van der Waals surface area contributed by atoms with Gasteiger partial charge in [-0.05, 0) is 17.7 Å². The summed E-state index contributed by atoms with van der Waals surface area (Å²) < 4.78 is 5.39. The van der Waals surface area contributed by atoms with Crippen molar-refractivity contribution < 1.29 is 14.4 Å². The average Bonchev–Trinajstić information content (AvgIpc) is 2.19. The van der Waals surface area contributed by atoms with Crippen LogP contribution in [-0.2, 0) is 14.4 Å². The third kappa shape index (κ3) is 2.54. The Kier molecular flexibility index (Phi) is 4.06. The largest absolute Gasteiger partial charge is 0.467 e. The van der Waals surface area contributed by atoms with E-state index in [4.69, 9.17) is 5.90 Å². The second kappa shape index (κ2) is 5.09. The van der Waals surface area contributed by atoms with Gasteiger partial charge in [-0.3, -0.25) is 4.84 Å². The zero-order valence-corrected chi connectivity index (χ0v) is 9.15. The Bertz CT molecular complexity index is 330. The van der Waals surface area contributed by atoms with E-state index in [2.05, 4.69) is 25.5 Å². The van der Waals surface area contributed by atoms with Gasteiger partial charge in [-0.15, -0.1) is 0 Å². The first-order valence-electron chi connectivity index (χ1n) is 3.88. The first-order valence-corrected chi connectivity index (χ1v) is 4.67. The summed E-state index contributed by atoms with van der Waals surface area (Å²) >= 11 is 3.28. The molecule has 5 heteroatoms. The minimum absolute atomic E-state index is 0.523. The van der Waals surface area contributed by atoms with Crippen LogP contribution in [0.1, 0.15) is 11.7 Å². The van der Waals surface area contributed by atoms with Crippen molar-refractivity contribution in [3.63, 3.8) is 0 Å². The lowest BCUT2D eigenvalue weighted by atomic mass is 10.1. The quantitative estimate of drug-likeness (QED) is 0.661. The number of rotatable bonds is 3. The molecule has 0 fully saturated rings. The number of hydrogen-bond acceptors (Lipinski definition) is 4. The number of hydrogen-bond donors (Lipinski definition) is 1. The first-order chi connectivity index (χ1) is 6.69. The molecular formula is C9H10BrNO3. The number of halogens is 1. The second-order valence-electron chi connectivity index (χ2n) is 2.59. The molecule has 0 aliphatic carbocycles. The number of ether oxygens (including phenoxy) is 1. The standard InChI is InChI=1S/C9H10BrNO3/c1-13-9(12)8(14-11)6-3-2-4-7(10)5-6/h2-5,8H,11H2,1H3. The topological polar surface area (TPSA) is 61.5 Å². The molecule has 76 valence electrons. The molecule has 14 heavy (non-hydrogen) atoms. The number of nitrogens with two attached hydrogens (primary N) is 1. The summed E-state index contributed by atoms with van der Waals surface area (Å²) in [7, 11) is 1.28. The molecule has 2 N–H and O–H groups in total. The molecule has 0 aliphatic heterocycles. The highest BCUT2D eigenvalue weighted by Crippen LogP contribution is 2.20. The maximum atomic E-state index is 11.2. The van der Waals surface area contributed by atoms with Gasteiger partial charge in [0.1, 0.15) is 0 Å². The molecule has 0 aliphatic rings. The minimum atomic E-state index is -0.877. The molecule has 1 aromatic carbocycles. The number of carbonyl (C=O) groups is 1. The van der Waals surface area contributed by atoms with E-state index in [1.807, 2.05) is 6.07 Å². The van der Waals surface area contributed by atoms with Crippen LogP contribution in [0.15, 0.2) is 28.7 Å². The molecule has 0 spiro atoms. The summed E-state index contributed by atoms with van der Waals surface area (Å²) in [4.78, 5) is 15.8. The SMILES string of the molecule is COC(=O)C(ON)c1cccc(Br)c1. The van der Waals surface area contributed by atoms with Crippen LogP contribution in [0.5, 0.6) is 0 Å². The molecule has 1 unspecified atom stereocenters. The third-order valence-electron chi connectivity index (χ3n) is 1.70. The highest BCUT2D eigenvalue weighted by Gasteiger charge is 2.21. The molecular weight excluding hydrogens is 250 g/mol. The Labute approximate surface area is 90.1 Å². The zero-order valence-electron chi connectivity index (χ0n) is 7.57. The normalized spacial score (nSPS) is 12.2. The summed E-state index contributed by atoms with van der Waals surface area (Å²) in [5.41, 5.74) is 0.647. The second-order valence-corrected chi connectivity index (χ2v) is 3.51. The Morgan fingerprint density at radius 3 is 2.79 bits per heavy atom. The van der Waals surface area contributed by atoms with Gasteiger partial charge in [0, 0.05) is 4.47 Å². The Morgan fingerprint density at radius 1 is 1.57 bits per heavy atom. The smallest absolute Gasteiger partial charge is 0.341 e. The van der Waals surface area contributed by atoms with Gasteiger partial charge < -0.3 is 4.74 Å². The highest BCUT2D eigenvalue weighted by atomic mass is 79.9. The van der Waals surface area contributed by atoms with Gasteiger partial charge in [-0.2, -0.15) is 0 Å². The molecule has 0 saturated carbocycles. The minimum Gasteiger partial charge on any atom is -0.467 e. The van der Waals surface area contributed by atoms with E-state index in [1.54, 1.807) is 18.2 Å². The molecule has 0 saturated heterocycles. The Morgan fingerprint density at radius 2 is 2.29 bits per heavy atom. The van der Waals surface area contributed by atoms with Crippen LogP contribution < -0.4 is 5.90 Å². The van der Waals surface area contributed by atoms with Gasteiger partial charge in [-0.25, -0.2) is 10.7 Å². The van der Waals surface area contributed by atoms with Crippen LogP contribution in [0.25, 0.3) is 0 Å². The summed E-state index contributed by atoms with van der Waals surface area (Å²) in [5.74, 6) is 4.49. The van der Waals surface area contributed by atoms with E-state index >= 15 is 0 Å². The average molecular weight is 260 g/mol. The molecule has 0 aromatic heterocycles. The zero-order chi connectivity index (χ0) is 10.6. The fourth-order valence-electron chi connectivity index (χ4n) is 1.05. The van der Waals surface area contributed by atoms with Crippen LogP contribution in [-0.4, -0.2) is 13.1 Å². The van der Waals surface area contributed by atoms with Crippen molar-refractivity contribution >= 4 is 21.9 Å². The maximum Gasteiger partial charge on any atom is 0.341 e. The summed E-state index contributed by atoms with van der Waals surface area (Å²) in [6.45, 7) is 0. The number of carbonyl (C=O) groups excluding carboxylic acids is 1. The molecule has 1 aromatic rings. The van der Waals surface area contributed by atoms with Gasteiger partial charge in [-0.1, -0.05) is 28.1 Å². The monoisotopic (exact) mass is 259 g/mol. The summed E-state index contributed by atoms with van der Waals surface area (Å²) in [6, 6.07) is 7.11. The molecule has 4 nitrogen and oxygen atoms in total. The van der Waals surface area contributed by atoms with Gasteiger partial charge in [0.05, 0.1) is 7.11 Å². The van der Waals surface area contributed by atoms with E-state index in [1.165, 1.54) is 7.11 Å². The predicted octanol–water partition coefficient (Wildman–Crippen LogP) is 1.55. The number of benzene rings is 1. The summed E-state index contributed by atoms with van der Waals surface area (Å²) in [6.07, 6.45) is -0.877. The fourth-order valence-corrected chi connectivity index (χ4v) is 1.46. The third-order valence-corrected chi connectivity index (χ3v) is 2.20. The van der Waals surface area contributed by atoms with Crippen molar-refractivity contribution in [3.8, 4) is 0 Å². The lowest BCUT2D eigenvalue weighted by Crippen LogP contribution is -2.20. The molecule has 0 bridgehead atoms. The van der Waals surface area contributed by atoms with E-state index < -0.39 is 12.1 Å². The van der Waals surface area contributed by atoms with Crippen molar-refractivity contribution in [1.29, 1.82) is 0 Å². The lowest BCUT2D eigenvalue weighted by Gasteiger charge is -2.12. The van der Waals surface area contributed by atoms with Crippen molar-refractivity contribution in [2.75, 3.05) is 7.11 Å². The van der Waals surface area contributed by atoms with E-state index in [0.29, 0.717) is 5.56 Å². The molecule has 1 rings (SSSR count). The van der Waals surface area contributed by atoms with Gasteiger partial charge >= 0.3 is 5.97 Å². The van der Waals surface area contributed by atoms with Gasteiger partial charge in [0.25, 0.3) is 0 Å². The van der Waals surface area contributed by atoms with E-state index in [-0.39, 0.29) is 0 Å². The summed E-state index contributed by atoms with van der Waals surface area (Å²) in [5, 5.41) is 0. The predicted molar refractivity (Wildman–Crippen MR) is 54.2 cm³/mol. The van der Waals surface area contributed by atoms with Crippen molar-refractivity contribution in [3.05, 3.63) is 34.3 Å². The van der Waals surface area contributed by atoms with Crippen LogP contribution >= 0.6 is 15.9 Å². The molecule has 0 radical (unpaired) electrons. The van der Waals surface area contributed by atoms with Crippen LogP contribution in [0.3, 0.4) is 0 Å². The number of methoxy groups -OCH3 is 1. The number of esters is 1. The Balaban J connectivity index is 2.94. The van der Waals surface area contributed by atoms with Gasteiger partial charge in [0.15, 0.2) is 0 Å². The van der Waals surface area contributed by atoms with Crippen molar-refractivity contribution in [1.82, 2.24) is 0 Å². The Hall–Kier alpha value is -0.910. The van der Waals surface area contributed by atoms with E-state index in [0.717, 1.165) is 4.47 Å². The highest BCUT2D eigenvalue weighted by molar-refractivity contribution is 9.10. The van der Waals surface area contributed by atoms with Crippen LogP contribution in [0.2, 0.25) is 0 Å². The van der Waals surface area contributed by atoms with Crippen molar-refractivity contribution in [2.45, 2.75) is 6.10 Å².